The Bertz CT molecular complexity index is 748. The first kappa shape index (κ1) is 17.1. The largest absolute Gasteiger partial charge is 0.433 e. The number of alkyl halides is 3. The Kier molecular flexibility index (Phi) is 3.98. The van der Waals surface area contributed by atoms with E-state index in [9.17, 15) is 18.0 Å². The highest BCUT2D eigenvalue weighted by Crippen LogP contribution is 2.52. The molecule has 4 rings (SSSR count). The molecule has 4 unspecified atom stereocenters. The van der Waals surface area contributed by atoms with Gasteiger partial charge in [0, 0.05) is 6.20 Å². The third-order valence-corrected chi connectivity index (χ3v) is 7.19. The molecule has 0 saturated heterocycles. The number of nitrogens with zero attached hydrogens (tertiary/aromatic N) is 2. The van der Waals surface area contributed by atoms with E-state index in [2.05, 4.69) is 9.98 Å². The maximum atomic E-state index is 12.9. The van der Waals surface area contributed by atoms with Crippen LogP contribution in [0.5, 0.6) is 0 Å². The number of carbonyl (C=O) groups excluding carboxylic acids is 1. The van der Waals surface area contributed by atoms with E-state index in [0.29, 0.717) is 11.5 Å². The van der Waals surface area contributed by atoms with Crippen molar-refractivity contribution >= 4 is 22.7 Å². The van der Waals surface area contributed by atoms with Gasteiger partial charge in [-0.05, 0) is 68.1 Å². The number of aliphatic imine (C=N–C) groups is 1. The van der Waals surface area contributed by atoms with Crippen molar-refractivity contribution in [3.05, 3.63) is 29.6 Å². The molecular weight excluding hydrogens is 349 g/mol. The van der Waals surface area contributed by atoms with Crippen LogP contribution in [0.25, 0.3) is 0 Å². The topological polar surface area (TPSA) is 42.3 Å². The highest BCUT2D eigenvalue weighted by atomic mass is 32.2. The number of halogens is 3. The molecule has 0 aromatic carbocycles. The van der Waals surface area contributed by atoms with Crippen molar-refractivity contribution in [3.63, 3.8) is 0 Å². The summed E-state index contributed by atoms with van der Waals surface area (Å²) in [5, 5.41) is 0.774. The molecule has 1 amide bonds. The average molecular weight is 368 g/mol. The van der Waals surface area contributed by atoms with Crippen molar-refractivity contribution in [2.24, 2.45) is 22.7 Å². The zero-order valence-corrected chi connectivity index (χ0v) is 14.7. The number of pyridine rings is 1. The minimum Gasteiger partial charge on any atom is -0.271 e. The summed E-state index contributed by atoms with van der Waals surface area (Å²) in [5.41, 5.74) is -0.655. The van der Waals surface area contributed by atoms with Crippen molar-refractivity contribution < 1.29 is 18.0 Å². The molecule has 1 aliphatic heterocycles. The molecule has 4 atom stereocenters. The first-order valence-electron chi connectivity index (χ1n) is 8.60. The fourth-order valence-electron chi connectivity index (χ4n) is 4.52. The van der Waals surface area contributed by atoms with Crippen LogP contribution >= 0.6 is 11.8 Å². The van der Waals surface area contributed by atoms with Gasteiger partial charge in [0.25, 0.3) is 5.91 Å². The van der Waals surface area contributed by atoms with Gasteiger partial charge >= 0.3 is 6.18 Å². The minimum atomic E-state index is -4.52. The molecule has 0 N–H and O–H groups in total. The third-order valence-electron chi connectivity index (χ3n) is 5.88. The van der Waals surface area contributed by atoms with Crippen molar-refractivity contribution in [2.75, 3.05) is 0 Å². The van der Waals surface area contributed by atoms with Crippen LogP contribution in [-0.2, 0) is 15.7 Å². The van der Waals surface area contributed by atoms with E-state index in [1.807, 2.05) is 0 Å². The Morgan fingerprint density at radius 3 is 2.76 bits per heavy atom. The fraction of sp³-hybridized carbons (Fsp3) is 0.611. The van der Waals surface area contributed by atoms with Crippen LogP contribution in [0.2, 0.25) is 0 Å². The fourth-order valence-corrected chi connectivity index (χ4v) is 5.80. The number of rotatable bonds is 3. The summed E-state index contributed by atoms with van der Waals surface area (Å²) in [6.45, 7) is 1.66. The van der Waals surface area contributed by atoms with Crippen molar-refractivity contribution in [1.82, 2.24) is 4.98 Å². The van der Waals surface area contributed by atoms with E-state index in [-0.39, 0.29) is 5.91 Å². The number of fused-ring (bicyclic) bond motifs is 2. The molecule has 2 aliphatic carbocycles. The summed E-state index contributed by atoms with van der Waals surface area (Å²) >= 11 is 1.31. The standard InChI is InChI=1S/C18H19F3N2OS/c1-17(13-4-5-22-14(9-13)18(19,20)21)16(24)23-15(25-17)8-12-7-10-2-3-11(12)6-10/h4-5,9-12H,2-3,6-8H2,1H3. The van der Waals surface area contributed by atoms with Gasteiger partial charge in [-0.15, -0.1) is 0 Å². The second-order valence-electron chi connectivity index (χ2n) is 7.51. The molecule has 3 nitrogen and oxygen atoms in total. The van der Waals surface area contributed by atoms with Gasteiger partial charge in [0.15, 0.2) is 0 Å². The van der Waals surface area contributed by atoms with E-state index in [1.165, 1.54) is 43.5 Å². The Balaban J connectivity index is 1.53. The maximum absolute atomic E-state index is 12.9. The van der Waals surface area contributed by atoms with Gasteiger partial charge in [0.05, 0.1) is 5.04 Å². The molecule has 7 heteroatoms. The monoisotopic (exact) mass is 368 g/mol. The molecule has 25 heavy (non-hydrogen) atoms. The summed E-state index contributed by atoms with van der Waals surface area (Å²) < 4.78 is 37.7. The first-order valence-corrected chi connectivity index (χ1v) is 9.42. The molecule has 0 radical (unpaired) electrons. The summed E-state index contributed by atoms with van der Waals surface area (Å²) in [6, 6.07) is 2.46. The summed E-state index contributed by atoms with van der Waals surface area (Å²) in [7, 11) is 0. The van der Waals surface area contributed by atoms with Crippen LogP contribution in [0.1, 0.15) is 50.3 Å². The summed E-state index contributed by atoms with van der Waals surface area (Å²) in [6.07, 6.45) is 2.43. The Morgan fingerprint density at radius 1 is 1.32 bits per heavy atom. The first-order chi connectivity index (χ1) is 11.8. The lowest BCUT2D eigenvalue weighted by atomic mass is 9.87. The molecular formula is C18H19F3N2OS. The SMILES string of the molecule is CC1(c2ccnc(C(F)(F)F)c2)SC(CC2CC3CCC2C3)=NC1=O. The normalized spacial score (nSPS) is 34.6. The average Bonchev–Trinajstić information content (AvgIpc) is 3.23. The van der Waals surface area contributed by atoms with Gasteiger partial charge in [0.2, 0.25) is 0 Å². The number of hydrogen-bond donors (Lipinski definition) is 0. The van der Waals surface area contributed by atoms with Crippen LogP contribution < -0.4 is 0 Å². The van der Waals surface area contributed by atoms with E-state index in [1.54, 1.807) is 6.92 Å². The van der Waals surface area contributed by atoms with Gasteiger partial charge in [-0.3, -0.25) is 9.78 Å². The zero-order valence-electron chi connectivity index (χ0n) is 13.8. The van der Waals surface area contributed by atoms with Crippen LogP contribution in [0.4, 0.5) is 13.2 Å². The Labute approximate surface area is 148 Å². The predicted octanol–water partition coefficient (Wildman–Crippen LogP) is 4.81. The second-order valence-corrected chi connectivity index (χ2v) is 9.00. The van der Waals surface area contributed by atoms with Crippen molar-refractivity contribution in [2.45, 2.75) is 50.0 Å². The van der Waals surface area contributed by atoms with Gasteiger partial charge in [-0.2, -0.15) is 13.2 Å². The smallest absolute Gasteiger partial charge is 0.271 e. The van der Waals surface area contributed by atoms with Crippen LogP contribution in [0.15, 0.2) is 23.3 Å². The Morgan fingerprint density at radius 2 is 2.12 bits per heavy atom. The van der Waals surface area contributed by atoms with Crippen LogP contribution in [0.3, 0.4) is 0 Å². The molecule has 1 aromatic heterocycles. The Hall–Kier alpha value is -1.37. The summed E-state index contributed by atoms with van der Waals surface area (Å²) in [4.78, 5) is 20.1. The number of aromatic nitrogens is 1. The second kappa shape index (κ2) is 5.83. The number of thioether (sulfide) groups is 1. The molecule has 2 fully saturated rings. The third kappa shape index (κ3) is 3.00. The molecule has 2 saturated carbocycles. The zero-order chi connectivity index (χ0) is 17.8. The maximum Gasteiger partial charge on any atom is 0.433 e. The van der Waals surface area contributed by atoms with E-state index >= 15 is 0 Å². The number of amides is 1. The molecule has 134 valence electrons. The lowest BCUT2D eigenvalue weighted by Crippen LogP contribution is -2.25. The van der Waals surface area contributed by atoms with E-state index < -0.39 is 16.6 Å². The lowest BCUT2D eigenvalue weighted by molar-refractivity contribution is -0.141. The number of hydrogen-bond acceptors (Lipinski definition) is 3. The quantitative estimate of drug-likeness (QED) is 0.769. The molecule has 3 aliphatic rings. The van der Waals surface area contributed by atoms with E-state index in [4.69, 9.17) is 0 Å². The van der Waals surface area contributed by atoms with Crippen molar-refractivity contribution in [1.29, 1.82) is 0 Å². The van der Waals surface area contributed by atoms with Crippen LogP contribution in [-0.4, -0.2) is 15.9 Å². The van der Waals surface area contributed by atoms with Gasteiger partial charge < -0.3 is 0 Å². The molecule has 0 spiro atoms. The summed E-state index contributed by atoms with van der Waals surface area (Å²) in [5.74, 6) is 1.75. The number of carbonyl (C=O) groups is 1. The molecule has 1 aromatic rings. The minimum absolute atomic E-state index is 0.316. The van der Waals surface area contributed by atoms with E-state index in [0.717, 1.165) is 35.6 Å². The highest BCUT2D eigenvalue weighted by molar-refractivity contribution is 8.15. The highest BCUT2D eigenvalue weighted by Gasteiger charge is 2.46. The lowest BCUT2D eigenvalue weighted by Gasteiger charge is -2.24. The van der Waals surface area contributed by atoms with Gasteiger partial charge in [-0.25, -0.2) is 4.99 Å². The van der Waals surface area contributed by atoms with Crippen LogP contribution in [0, 0.1) is 17.8 Å². The van der Waals surface area contributed by atoms with Crippen molar-refractivity contribution in [3.8, 4) is 0 Å². The molecule has 2 heterocycles. The van der Waals surface area contributed by atoms with Gasteiger partial charge in [0.1, 0.15) is 10.4 Å². The van der Waals surface area contributed by atoms with Gasteiger partial charge in [-0.1, -0.05) is 18.2 Å². The molecule has 2 bridgehead atoms. The predicted molar refractivity (Wildman–Crippen MR) is 90.2 cm³/mol.